The minimum Gasteiger partial charge on any atom is -0.436 e. The van der Waals surface area contributed by atoms with E-state index in [1.807, 2.05) is 43.3 Å². The third-order valence-electron chi connectivity index (χ3n) is 3.37. The summed E-state index contributed by atoms with van der Waals surface area (Å²) in [6, 6.07) is 13.0. The summed E-state index contributed by atoms with van der Waals surface area (Å²) >= 11 is 0. The monoisotopic (exact) mass is 293 g/mol. The van der Waals surface area contributed by atoms with E-state index < -0.39 is 5.97 Å². The molecule has 110 valence electrons. The molecule has 0 unspecified atom stereocenters. The molecular formula is C18H15NO3. The van der Waals surface area contributed by atoms with Crippen LogP contribution < -0.4 is 4.74 Å². The molecule has 0 amide bonds. The second-order valence-electron chi connectivity index (χ2n) is 4.78. The Bertz CT molecular complexity index is 815. The van der Waals surface area contributed by atoms with Crippen LogP contribution in [0.5, 0.6) is 5.75 Å². The molecule has 0 radical (unpaired) electrons. The number of nitrogens with zero attached hydrogens (tertiary/aromatic N) is 1. The number of esters is 1. The number of carbonyl (C=O) groups excluding carboxylic acids is 1. The molecule has 0 aliphatic heterocycles. The molecule has 22 heavy (non-hydrogen) atoms. The van der Waals surface area contributed by atoms with E-state index in [1.54, 1.807) is 6.07 Å². The van der Waals surface area contributed by atoms with Crippen molar-refractivity contribution in [3.05, 3.63) is 60.7 Å². The molecule has 0 N–H and O–H groups in total. The summed E-state index contributed by atoms with van der Waals surface area (Å²) in [5.74, 6) is 0.581. The second kappa shape index (κ2) is 5.85. The van der Waals surface area contributed by atoms with E-state index >= 15 is 0 Å². The fraction of sp³-hybridized carbons (Fsp3) is 0.111. The lowest BCUT2D eigenvalue weighted by Crippen LogP contribution is -2.03. The Morgan fingerprint density at radius 3 is 2.86 bits per heavy atom. The van der Waals surface area contributed by atoms with Gasteiger partial charge >= 0.3 is 5.97 Å². The normalized spacial score (nSPS) is 10.6. The van der Waals surface area contributed by atoms with Gasteiger partial charge in [0.15, 0.2) is 5.58 Å². The predicted octanol–water partition coefficient (Wildman–Crippen LogP) is 4.15. The average Bonchev–Trinajstić information content (AvgIpc) is 2.98. The van der Waals surface area contributed by atoms with Gasteiger partial charge in [0.1, 0.15) is 11.3 Å². The highest BCUT2D eigenvalue weighted by molar-refractivity contribution is 5.83. The lowest BCUT2D eigenvalue weighted by atomic mass is 10.0. The maximum atomic E-state index is 11.3. The maximum absolute atomic E-state index is 11.3. The maximum Gasteiger partial charge on any atom is 0.335 e. The number of benzene rings is 2. The molecule has 1 heterocycles. The molecule has 0 atom stereocenters. The molecule has 2 aromatic carbocycles. The SMILES string of the molecule is C=CC(=O)Oc1ccc(-c2nc3ccccc3o2)c(CC)c1. The number of carbonyl (C=O) groups is 1. The molecule has 0 aliphatic carbocycles. The minimum atomic E-state index is -0.475. The fourth-order valence-electron chi connectivity index (χ4n) is 2.28. The Morgan fingerprint density at radius 2 is 2.14 bits per heavy atom. The number of para-hydroxylation sites is 2. The van der Waals surface area contributed by atoms with Crippen LogP contribution in [0.3, 0.4) is 0 Å². The Kier molecular flexibility index (Phi) is 3.74. The Hall–Kier alpha value is -2.88. The highest BCUT2D eigenvalue weighted by Crippen LogP contribution is 2.30. The van der Waals surface area contributed by atoms with Crippen LogP contribution in [-0.2, 0) is 11.2 Å². The van der Waals surface area contributed by atoms with Crippen molar-refractivity contribution in [2.75, 3.05) is 0 Å². The first-order chi connectivity index (χ1) is 10.7. The smallest absolute Gasteiger partial charge is 0.335 e. The molecule has 0 bridgehead atoms. The van der Waals surface area contributed by atoms with E-state index in [2.05, 4.69) is 11.6 Å². The van der Waals surface area contributed by atoms with Crippen molar-refractivity contribution in [2.24, 2.45) is 0 Å². The van der Waals surface area contributed by atoms with Crippen LogP contribution >= 0.6 is 0 Å². The molecule has 4 nitrogen and oxygen atoms in total. The summed E-state index contributed by atoms with van der Waals surface area (Å²) in [6.45, 7) is 5.42. The first-order valence-electron chi connectivity index (χ1n) is 7.04. The van der Waals surface area contributed by atoms with E-state index in [4.69, 9.17) is 9.15 Å². The van der Waals surface area contributed by atoms with Crippen molar-refractivity contribution in [3.8, 4) is 17.2 Å². The number of aryl methyl sites for hydroxylation is 1. The van der Waals surface area contributed by atoms with Gasteiger partial charge < -0.3 is 9.15 Å². The zero-order valence-electron chi connectivity index (χ0n) is 12.2. The summed E-state index contributed by atoms with van der Waals surface area (Å²) in [7, 11) is 0. The largest absolute Gasteiger partial charge is 0.436 e. The average molecular weight is 293 g/mol. The Labute approximate surface area is 128 Å². The van der Waals surface area contributed by atoms with Crippen molar-refractivity contribution in [1.82, 2.24) is 4.98 Å². The number of hydrogen-bond donors (Lipinski definition) is 0. The van der Waals surface area contributed by atoms with Gasteiger partial charge in [0.25, 0.3) is 0 Å². The Balaban J connectivity index is 2.02. The summed E-state index contributed by atoms with van der Waals surface area (Å²) in [4.78, 5) is 15.8. The van der Waals surface area contributed by atoms with Crippen LogP contribution in [0.25, 0.3) is 22.6 Å². The van der Waals surface area contributed by atoms with E-state index in [0.29, 0.717) is 11.6 Å². The van der Waals surface area contributed by atoms with Gasteiger partial charge in [-0.25, -0.2) is 9.78 Å². The van der Waals surface area contributed by atoms with Crippen LogP contribution in [0.2, 0.25) is 0 Å². The van der Waals surface area contributed by atoms with Gasteiger partial charge in [0.05, 0.1) is 0 Å². The number of hydrogen-bond acceptors (Lipinski definition) is 4. The van der Waals surface area contributed by atoms with Gasteiger partial charge in [-0.15, -0.1) is 0 Å². The van der Waals surface area contributed by atoms with Gasteiger partial charge in [-0.2, -0.15) is 0 Å². The van der Waals surface area contributed by atoms with Crippen LogP contribution in [0.4, 0.5) is 0 Å². The highest BCUT2D eigenvalue weighted by atomic mass is 16.5. The highest BCUT2D eigenvalue weighted by Gasteiger charge is 2.13. The summed E-state index contributed by atoms with van der Waals surface area (Å²) < 4.78 is 11.0. The molecule has 4 heteroatoms. The molecule has 3 aromatic rings. The van der Waals surface area contributed by atoms with Gasteiger partial charge in [-0.1, -0.05) is 25.6 Å². The quantitative estimate of drug-likeness (QED) is 0.412. The molecule has 0 fully saturated rings. The van der Waals surface area contributed by atoms with Crippen LogP contribution in [0, 0.1) is 0 Å². The zero-order chi connectivity index (χ0) is 15.5. The standard InChI is InChI=1S/C18H15NO3/c1-3-12-11-13(21-17(20)4-2)9-10-14(12)18-19-15-7-5-6-8-16(15)22-18/h4-11H,2-3H2,1H3. The first kappa shape index (κ1) is 14.1. The summed E-state index contributed by atoms with van der Waals surface area (Å²) in [6.07, 6.45) is 1.91. The van der Waals surface area contributed by atoms with Crippen LogP contribution in [0.1, 0.15) is 12.5 Å². The van der Waals surface area contributed by atoms with Crippen molar-refractivity contribution >= 4 is 17.1 Å². The molecule has 0 saturated carbocycles. The number of fused-ring (bicyclic) bond motifs is 1. The molecule has 0 spiro atoms. The topological polar surface area (TPSA) is 52.3 Å². The third kappa shape index (κ3) is 2.63. The van der Waals surface area contributed by atoms with Crippen molar-refractivity contribution in [3.63, 3.8) is 0 Å². The van der Waals surface area contributed by atoms with Crippen LogP contribution in [-0.4, -0.2) is 11.0 Å². The second-order valence-corrected chi connectivity index (χ2v) is 4.78. The third-order valence-corrected chi connectivity index (χ3v) is 3.37. The zero-order valence-corrected chi connectivity index (χ0v) is 12.2. The van der Waals surface area contributed by atoms with Gasteiger partial charge in [0.2, 0.25) is 5.89 Å². The summed E-state index contributed by atoms with van der Waals surface area (Å²) in [5, 5.41) is 0. The predicted molar refractivity (Wildman–Crippen MR) is 84.7 cm³/mol. The van der Waals surface area contributed by atoms with Crippen molar-refractivity contribution < 1.29 is 13.9 Å². The molecule has 0 saturated heterocycles. The number of oxazole rings is 1. The molecule has 3 rings (SSSR count). The number of aromatic nitrogens is 1. The lowest BCUT2D eigenvalue weighted by Gasteiger charge is -2.07. The summed E-state index contributed by atoms with van der Waals surface area (Å²) in [5.41, 5.74) is 3.47. The van der Waals surface area contributed by atoms with E-state index in [0.717, 1.165) is 34.7 Å². The number of rotatable bonds is 4. The molecule has 0 aliphatic rings. The Morgan fingerprint density at radius 1 is 1.32 bits per heavy atom. The van der Waals surface area contributed by atoms with E-state index in [1.165, 1.54) is 0 Å². The van der Waals surface area contributed by atoms with E-state index in [9.17, 15) is 4.79 Å². The fourth-order valence-corrected chi connectivity index (χ4v) is 2.28. The van der Waals surface area contributed by atoms with E-state index in [-0.39, 0.29) is 0 Å². The van der Waals surface area contributed by atoms with Crippen molar-refractivity contribution in [1.29, 1.82) is 0 Å². The van der Waals surface area contributed by atoms with Crippen LogP contribution in [0.15, 0.2) is 59.5 Å². The molecule has 1 aromatic heterocycles. The van der Waals surface area contributed by atoms with Gasteiger partial charge in [-0.05, 0) is 42.3 Å². The van der Waals surface area contributed by atoms with Gasteiger partial charge in [-0.3, -0.25) is 0 Å². The molecular weight excluding hydrogens is 278 g/mol. The first-order valence-corrected chi connectivity index (χ1v) is 7.04. The van der Waals surface area contributed by atoms with Gasteiger partial charge in [0, 0.05) is 11.6 Å². The minimum absolute atomic E-state index is 0.475. The lowest BCUT2D eigenvalue weighted by molar-refractivity contribution is -0.128. The van der Waals surface area contributed by atoms with Crippen molar-refractivity contribution in [2.45, 2.75) is 13.3 Å². The number of ether oxygens (including phenoxy) is 1.